The number of benzene rings is 2. The minimum atomic E-state index is -4.07. The van der Waals surface area contributed by atoms with Gasteiger partial charge in [-0.15, -0.1) is 0 Å². The number of halogens is 1. The van der Waals surface area contributed by atoms with Crippen LogP contribution in [0.2, 0.25) is 5.02 Å². The molecule has 0 unspecified atom stereocenters. The zero-order valence-corrected chi connectivity index (χ0v) is 20.5. The SMILES string of the molecule is CC[C@H](C)N(Cc1ccc(OS(=O)(=O)c2c(C)cccc2Cl)cc1)C(=O)NC(C)(C)C. The summed E-state index contributed by atoms with van der Waals surface area (Å²) in [6.45, 7) is 11.9. The number of nitrogens with one attached hydrogen (secondary N) is 1. The average Bonchev–Trinajstić information content (AvgIpc) is 2.64. The van der Waals surface area contributed by atoms with Gasteiger partial charge in [0.15, 0.2) is 0 Å². The van der Waals surface area contributed by atoms with Crippen LogP contribution in [0.5, 0.6) is 5.75 Å². The summed E-state index contributed by atoms with van der Waals surface area (Å²) in [4.78, 5) is 14.5. The molecule has 0 aliphatic carbocycles. The van der Waals surface area contributed by atoms with Crippen molar-refractivity contribution in [3.8, 4) is 5.75 Å². The van der Waals surface area contributed by atoms with Gasteiger partial charge in [-0.25, -0.2) is 4.79 Å². The van der Waals surface area contributed by atoms with Gasteiger partial charge >= 0.3 is 16.1 Å². The van der Waals surface area contributed by atoms with Crippen molar-refractivity contribution in [3.63, 3.8) is 0 Å². The first kappa shape index (κ1) is 25.0. The van der Waals surface area contributed by atoms with Crippen LogP contribution in [-0.4, -0.2) is 30.9 Å². The van der Waals surface area contributed by atoms with Gasteiger partial charge in [-0.1, -0.05) is 42.8 Å². The summed E-state index contributed by atoms with van der Waals surface area (Å²) in [6.07, 6.45) is 0.814. The number of hydrogen-bond acceptors (Lipinski definition) is 4. The summed E-state index contributed by atoms with van der Waals surface area (Å²) in [7, 11) is -4.07. The largest absolute Gasteiger partial charge is 0.379 e. The molecule has 6 nitrogen and oxygen atoms in total. The second kappa shape index (κ2) is 9.92. The van der Waals surface area contributed by atoms with Crippen LogP contribution in [0.4, 0.5) is 4.79 Å². The van der Waals surface area contributed by atoms with Crippen molar-refractivity contribution in [2.24, 2.45) is 0 Å². The maximum Gasteiger partial charge on any atom is 0.340 e. The molecular formula is C23H31ClN2O4S. The van der Waals surface area contributed by atoms with Crippen molar-refractivity contribution in [2.75, 3.05) is 0 Å². The molecule has 1 atom stereocenters. The molecule has 2 aromatic rings. The number of hydrogen-bond donors (Lipinski definition) is 1. The molecule has 0 aliphatic rings. The van der Waals surface area contributed by atoms with Crippen molar-refractivity contribution < 1.29 is 17.4 Å². The Hall–Kier alpha value is -2.25. The predicted molar refractivity (Wildman–Crippen MR) is 124 cm³/mol. The van der Waals surface area contributed by atoms with Gasteiger partial charge in [0, 0.05) is 18.1 Å². The molecule has 2 aromatic carbocycles. The standard InChI is InChI=1S/C23H31ClN2O4S/c1-7-17(3)26(22(27)25-23(4,5)6)15-18-11-13-19(14-12-18)30-31(28,29)21-16(2)9-8-10-20(21)24/h8-14,17H,7,15H2,1-6H3,(H,25,27)/t17-/m0/s1. The van der Waals surface area contributed by atoms with E-state index in [1.807, 2.05) is 34.6 Å². The van der Waals surface area contributed by atoms with Gasteiger partial charge in [0.05, 0.1) is 5.02 Å². The van der Waals surface area contributed by atoms with Crippen molar-refractivity contribution >= 4 is 27.8 Å². The average molecular weight is 467 g/mol. The monoisotopic (exact) mass is 466 g/mol. The molecule has 8 heteroatoms. The smallest absolute Gasteiger partial charge is 0.340 e. The molecule has 0 radical (unpaired) electrons. The molecule has 0 saturated heterocycles. The lowest BCUT2D eigenvalue weighted by Crippen LogP contribution is -2.50. The minimum absolute atomic E-state index is 0.0393. The highest BCUT2D eigenvalue weighted by molar-refractivity contribution is 7.87. The van der Waals surface area contributed by atoms with E-state index in [0.29, 0.717) is 12.1 Å². The Morgan fingerprint density at radius 2 is 1.77 bits per heavy atom. The number of rotatable bonds is 7. The zero-order valence-electron chi connectivity index (χ0n) is 18.9. The minimum Gasteiger partial charge on any atom is -0.379 e. The van der Waals surface area contributed by atoms with Crippen LogP contribution in [-0.2, 0) is 16.7 Å². The highest BCUT2D eigenvalue weighted by atomic mass is 35.5. The molecular weight excluding hydrogens is 436 g/mol. The fourth-order valence-corrected chi connectivity index (χ4v) is 4.71. The van der Waals surface area contributed by atoms with Crippen LogP contribution < -0.4 is 9.50 Å². The molecule has 0 aromatic heterocycles. The Morgan fingerprint density at radius 3 is 2.29 bits per heavy atom. The topological polar surface area (TPSA) is 75.7 Å². The summed E-state index contributed by atoms with van der Waals surface area (Å²) in [5, 5.41) is 3.11. The van der Waals surface area contributed by atoms with Gasteiger partial charge in [0.1, 0.15) is 10.6 Å². The van der Waals surface area contributed by atoms with E-state index < -0.39 is 10.1 Å². The van der Waals surface area contributed by atoms with Gasteiger partial charge in [-0.05, 0) is 70.4 Å². The van der Waals surface area contributed by atoms with Crippen LogP contribution in [0.15, 0.2) is 47.4 Å². The normalized spacial score (nSPS) is 12.9. The third-order valence-electron chi connectivity index (χ3n) is 4.76. The van der Waals surface area contributed by atoms with E-state index in [1.165, 1.54) is 6.07 Å². The number of carbonyl (C=O) groups excluding carboxylic acids is 1. The summed E-state index contributed by atoms with van der Waals surface area (Å²) >= 11 is 6.08. The van der Waals surface area contributed by atoms with Crippen LogP contribution >= 0.6 is 11.6 Å². The number of amides is 2. The summed E-state index contributed by atoms with van der Waals surface area (Å²) < 4.78 is 30.7. The maximum atomic E-state index is 12.7. The lowest BCUT2D eigenvalue weighted by Gasteiger charge is -2.32. The van der Waals surface area contributed by atoms with Crippen molar-refractivity contribution in [2.45, 2.75) is 71.0 Å². The molecule has 31 heavy (non-hydrogen) atoms. The Balaban J connectivity index is 2.19. The number of aryl methyl sites for hydroxylation is 1. The molecule has 0 aliphatic heterocycles. The van der Waals surface area contributed by atoms with Crippen molar-refractivity contribution in [1.29, 1.82) is 0 Å². The van der Waals surface area contributed by atoms with E-state index in [2.05, 4.69) is 5.32 Å². The second-order valence-electron chi connectivity index (χ2n) is 8.63. The predicted octanol–water partition coefficient (Wildman–Crippen LogP) is 5.52. The van der Waals surface area contributed by atoms with Gasteiger partial charge in [-0.3, -0.25) is 0 Å². The number of nitrogens with zero attached hydrogens (tertiary/aromatic N) is 1. The Kier molecular flexibility index (Phi) is 8.00. The Labute approximate surface area is 190 Å². The van der Waals surface area contributed by atoms with E-state index in [4.69, 9.17) is 15.8 Å². The summed E-state index contributed by atoms with van der Waals surface area (Å²) in [6, 6.07) is 11.4. The Morgan fingerprint density at radius 1 is 1.16 bits per heavy atom. The molecule has 0 bridgehead atoms. The number of urea groups is 1. The molecule has 170 valence electrons. The lowest BCUT2D eigenvalue weighted by molar-refractivity contribution is 0.165. The van der Waals surface area contributed by atoms with E-state index in [0.717, 1.165) is 12.0 Å². The quantitative estimate of drug-likeness (QED) is 0.544. The first-order chi connectivity index (χ1) is 14.3. The van der Waals surface area contributed by atoms with Crippen LogP contribution in [0.25, 0.3) is 0 Å². The summed E-state index contributed by atoms with van der Waals surface area (Å²) in [5.74, 6) is 0.178. The van der Waals surface area contributed by atoms with Gasteiger partial charge < -0.3 is 14.4 Å². The second-order valence-corrected chi connectivity index (χ2v) is 10.5. The Bertz CT molecular complexity index is 995. The highest BCUT2D eigenvalue weighted by Crippen LogP contribution is 2.28. The molecule has 2 amide bonds. The first-order valence-electron chi connectivity index (χ1n) is 10.2. The van der Waals surface area contributed by atoms with Gasteiger partial charge in [0.25, 0.3) is 0 Å². The molecule has 0 fully saturated rings. The lowest BCUT2D eigenvalue weighted by atomic mass is 10.1. The molecule has 0 spiro atoms. The molecule has 0 heterocycles. The molecule has 1 N–H and O–H groups in total. The van der Waals surface area contributed by atoms with Crippen molar-refractivity contribution in [1.82, 2.24) is 10.2 Å². The van der Waals surface area contributed by atoms with Gasteiger partial charge in [-0.2, -0.15) is 8.42 Å². The number of carbonyl (C=O) groups is 1. The zero-order chi connectivity index (χ0) is 23.4. The van der Waals surface area contributed by atoms with Crippen LogP contribution in [0.3, 0.4) is 0 Å². The van der Waals surface area contributed by atoms with Crippen molar-refractivity contribution in [3.05, 3.63) is 58.6 Å². The van der Waals surface area contributed by atoms with Gasteiger partial charge in [0.2, 0.25) is 0 Å². The van der Waals surface area contributed by atoms with E-state index >= 15 is 0 Å². The fourth-order valence-electron chi connectivity index (χ4n) is 2.99. The molecule has 0 saturated carbocycles. The van der Waals surface area contributed by atoms with Crippen LogP contribution in [0.1, 0.15) is 52.2 Å². The third-order valence-corrected chi connectivity index (χ3v) is 6.64. The maximum absolute atomic E-state index is 12.7. The highest BCUT2D eigenvalue weighted by Gasteiger charge is 2.24. The fraction of sp³-hybridized carbons (Fsp3) is 0.435. The van der Waals surface area contributed by atoms with Crippen LogP contribution in [0, 0.1) is 6.92 Å². The van der Waals surface area contributed by atoms with E-state index in [1.54, 1.807) is 48.2 Å². The first-order valence-corrected chi connectivity index (χ1v) is 12.0. The van der Waals surface area contributed by atoms with E-state index in [-0.39, 0.29) is 33.3 Å². The molecule has 2 rings (SSSR count). The van der Waals surface area contributed by atoms with E-state index in [9.17, 15) is 13.2 Å². The third kappa shape index (κ3) is 6.87. The summed E-state index contributed by atoms with van der Waals surface area (Å²) in [5.41, 5.74) is 1.03.